The van der Waals surface area contributed by atoms with Gasteiger partial charge in [-0.3, -0.25) is 9.21 Å². The molecule has 188 valence electrons. The molecule has 0 aliphatic carbocycles. The second kappa shape index (κ2) is 10.6. The lowest BCUT2D eigenvalue weighted by atomic mass is 10.2. The number of fused-ring (bicyclic) bond motifs is 1. The number of nitrogens with zero attached hydrogens (tertiary/aromatic N) is 3. The number of aromatic amines is 1. The molecule has 1 aliphatic heterocycles. The van der Waals surface area contributed by atoms with E-state index in [0.29, 0.717) is 22.5 Å². The fourth-order valence-corrected chi connectivity index (χ4v) is 8.06. The van der Waals surface area contributed by atoms with E-state index in [2.05, 4.69) is 28.0 Å². The molecule has 1 aromatic carbocycles. The second-order valence-corrected chi connectivity index (χ2v) is 12.7. The normalized spacial score (nSPS) is 16.4. The topological polar surface area (TPSA) is 78.5 Å². The molecule has 1 aliphatic rings. The van der Waals surface area contributed by atoms with E-state index in [9.17, 15) is 8.42 Å². The second-order valence-electron chi connectivity index (χ2n) is 8.58. The third-order valence-corrected chi connectivity index (χ3v) is 10.5. The number of hydrogen-bond donors (Lipinski definition) is 1. The van der Waals surface area contributed by atoms with Crippen molar-refractivity contribution in [1.29, 1.82) is 0 Å². The molecular weight excluding hydrogens is 513 g/mol. The van der Waals surface area contributed by atoms with Crippen LogP contribution >= 0.6 is 22.7 Å². The number of benzene rings is 1. The summed E-state index contributed by atoms with van der Waals surface area (Å²) >= 11 is 2.86. The fourth-order valence-electron chi connectivity index (χ4n) is 4.60. The predicted molar refractivity (Wildman–Crippen MR) is 148 cm³/mol. The van der Waals surface area contributed by atoms with E-state index in [1.165, 1.54) is 26.8 Å². The van der Waals surface area contributed by atoms with Crippen molar-refractivity contribution < 1.29 is 13.2 Å². The third kappa shape index (κ3) is 4.86. The zero-order valence-corrected chi connectivity index (χ0v) is 22.2. The average Bonchev–Trinajstić information content (AvgIpc) is 3.67. The number of likely N-dealkylation sites (tertiary alicyclic amines) is 1. The van der Waals surface area contributed by atoms with Gasteiger partial charge in [-0.05, 0) is 43.0 Å². The monoisotopic (exact) mass is 540 g/mol. The molecule has 1 saturated heterocycles. The molecule has 0 bridgehead atoms. The molecule has 1 fully saturated rings. The lowest BCUT2D eigenvalue weighted by Gasteiger charge is -2.23. The number of thiophene rings is 1. The number of para-hydroxylation sites is 1. The Kier molecular flexibility index (Phi) is 7.29. The Morgan fingerprint density at radius 1 is 1.28 bits per heavy atom. The minimum Gasteiger partial charge on any atom is -0.500 e. The first-order chi connectivity index (χ1) is 17.5. The molecule has 3 aromatic heterocycles. The van der Waals surface area contributed by atoms with E-state index in [-0.39, 0.29) is 6.54 Å². The molecular formula is C26H28N4O3S3. The Balaban J connectivity index is 1.44. The maximum absolute atomic E-state index is 13.4. The Morgan fingerprint density at radius 3 is 2.94 bits per heavy atom. The fraction of sp³-hybridized carbons (Fsp3) is 0.269. The molecule has 4 heterocycles. The lowest BCUT2D eigenvalue weighted by molar-refractivity contribution is 0.139. The van der Waals surface area contributed by atoms with Crippen molar-refractivity contribution in [3.8, 4) is 10.7 Å². The van der Waals surface area contributed by atoms with Gasteiger partial charge in [-0.15, -0.1) is 29.3 Å². The molecule has 0 radical (unpaired) electrons. The van der Waals surface area contributed by atoms with Crippen LogP contribution in [-0.2, 0) is 21.3 Å². The summed E-state index contributed by atoms with van der Waals surface area (Å²) in [6.45, 7) is 10.1. The summed E-state index contributed by atoms with van der Waals surface area (Å²) in [6.07, 6.45) is 7.33. The van der Waals surface area contributed by atoms with Crippen LogP contribution in [0.3, 0.4) is 0 Å². The molecule has 1 N–H and O–H groups in total. The zero-order valence-electron chi connectivity index (χ0n) is 19.8. The van der Waals surface area contributed by atoms with Crippen molar-refractivity contribution in [3.63, 3.8) is 0 Å². The standard InChI is InChI=1S/C26H28N4O3S3/c1-3-12-30(36(31,32)24-11-7-14-34-24)23-10-5-8-19-15-22(28-25(19)23)26-27-16-21(35-26)17-29-13-6-9-20(29)18-33-4-2/h3-5,7-8,10-11,14-16,20,28H,1-2,6,9,12-13,17-18H2/t20-/m0/s1. The summed E-state index contributed by atoms with van der Waals surface area (Å²) in [5.41, 5.74) is 2.21. The first kappa shape index (κ1) is 24.8. The molecule has 0 spiro atoms. The van der Waals surface area contributed by atoms with E-state index < -0.39 is 10.0 Å². The minimum atomic E-state index is -3.72. The van der Waals surface area contributed by atoms with Gasteiger partial charge < -0.3 is 9.72 Å². The molecule has 5 rings (SSSR count). The van der Waals surface area contributed by atoms with Crippen LogP contribution in [-0.4, -0.2) is 49.0 Å². The van der Waals surface area contributed by atoms with Gasteiger partial charge >= 0.3 is 0 Å². The summed E-state index contributed by atoms with van der Waals surface area (Å²) in [7, 11) is -3.72. The number of hydrogen-bond acceptors (Lipinski definition) is 7. The molecule has 0 saturated carbocycles. The van der Waals surface area contributed by atoms with Gasteiger partial charge in [-0.25, -0.2) is 13.4 Å². The molecule has 0 unspecified atom stereocenters. The van der Waals surface area contributed by atoms with Crippen LogP contribution in [0.15, 0.2) is 77.7 Å². The van der Waals surface area contributed by atoms with Crippen LogP contribution in [0.1, 0.15) is 17.7 Å². The number of H-pyrrole nitrogens is 1. The van der Waals surface area contributed by atoms with Crippen molar-refractivity contribution >= 4 is 49.3 Å². The summed E-state index contributed by atoms with van der Waals surface area (Å²) in [4.78, 5) is 11.7. The molecule has 36 heavy (non-hydrogen) atoms. The molecule has 1 atom stereocenters. The third-order valence-electron chi connectivity index (χ3n) is 6.29. The smallest absolute Gasteiger partial charge is 0.274 e. The molecule has 10 heteroatoms. The number of aromatic nitrogens is 2. The van der Waals surface area contributed by atoms with Gasteiger partial charge in [0.25, 0.3) is 10.0 Å². The first-order valence-corrected chi connectivity index (χ1v) is 14.9. The predicted octanol–water partition coefficient (Wildman–Crippen LogP) is 5.86. The van der Waals surface area contributed by atoms with E-state index in [0.717, 1.165) is 47.5 Å². The van der Waals surface area contributed by atoms with Crippen molar-refractivity contribution in [2.75, 3.05) is 24.0 Å². The summed E-state index contributed by atoms with van der Waals surface area (Å²) in [5.74, 6) is 0. The number of sulfonamides is 1. The van der Waals surface area contributed by atoms with Crippen molar-refractivity contribution in [2.45, 2.75) is 29.6 Å². The number of rotatable bonds is 11. The van der Waals surface area contributed by atoms with Gasteiger partial charge in [0.2, 0.25) is 0 Å². The van der Waals surface area contributed by atoms with Crippen LogP contribution in [0.5, 0.6) is 0 Å². The molecule has 0 amide bonds. The van der Waals surface area contributed by atoms with Crippen molar-refractivity contribution in [3.05, 3.63) is 78.3 Å². The highest BCUT2D eigenvalue weighted by Crippen LogP contribution is 2.36. The van der Waals surface area contributed by atoms with Crippen LogP contribution < -0.4 is 4.31 Å². The quantitative estimate of drug-likeness (QED) is 0.190. The van der Waals surface area contributed by atoms with E-state index >= 15 is 0 Å². The Labute approximate surface area is 219 Å². The van der Waals surface area contributed by atoms with E-state index in [4.69, 9.17) is 4.74 Å². The largest absolute Gasteiger partial charge is 0.500 e. The van der Waals surface area contributed by atoms with Gasteiger partial charge in [0.1, 0.15) is 15.8 Å². The summed E-state index contributed by atoms with van der Waals surface area (Å²) in [5, 5.41) is 3.57. The van der Waals surface area contributed by atoms with Gasteiger partial charge in [0.15, 0.2) is 0 Å². The average molecular weight is 541 g/mol. The number of thiazole rings is 1. The summed E-state index contributed by atoms with van der Waals surface area (Å²) < 4.78 is 34.0. The minimum absolute atomic E-state index is 0.168. The highest BCUT2D eigenvalue weighted by Gasteiger charge is 2.28. The zero-order chi connectivity index (χ0) is 25.1. The Bertz CT molecular complexity index is 1460. The van der Waals surface area contributed by atoms with Crippen LogP contribution in [0.2, 0.25) is 0 Å². The Hall–Kier alpha value is -2.92. The molecule has 4 aromatic rings. The van der Waals surface area contributed by atoms with Crippen LogP contribution in [0.25, 0.3) is 21.6 Å². The number of anilines is 1. The Morgan fingerprint density at radius 2 is 2.17 bits per heavy atom. The highest BCUT2D eigenvalue weighted by molar-refractivity contribution is 7.94. The maximum atomic E-state index is 13.4. The SMILES string of the molecule is C=CCN(c1cccc2cc(-c3ncc(CN4CCC[C@H]4COC=C)s3)[nH]c12)S(=O)(=O)c1cccs1. The maximum Gasteiger partial charge on any atom is 0.274 e. The van der Waals surface area contributed by atoms with Crippen molar-refractivity contribution in [2.24, 2.45) is 0 Å². The lowest BCUT2D eigenvalue weighted by Crippen LogP contribution is -2.31. The van der Waals surface area contributed by atoms with Gasteiger partial charge in [0.05, 0.1) is 29.7 Å². The van der Waals surface area contributed by atoms with Crippen molar-refractivity contribution in [1.82, 2.24) is 14.9 Å². The van der Waals surface area contributed by atoms with Gasteiger partial charge in [-0.2, -0.15) is 0 Å². The van der Waals surface area contributed by atoms with Gasteiger partial charge in [0, 0.05) is 29.0 Å². The van der Waals surface area contributed by atoms with Crippen LogP contribution in [0.4, 0.5) is 5.69 Å². The highest BCUT2D eigenvalue weighted by atomic mass is 32.2. The first-order valence-electron chi connectivity index (χ1n) is 11.7. The number of nitrogens with one attached hydrogen (secondary N) is 1. The molecule has 7 nitrogen and oxygen atoms in total. The number of ether oxygens (including phenoxy) is 1. The van der Waals surface area contributed by atoms with Crippen LogP contribution in [0, 0.1) is 0 Å². The van der Waals surface area contributed by atoms with E-state index in [1.54, 1.807) is 34.9 Å². The van der Waals surface area contributed by atoms with Gasteiger partial charge in [-0.1, -0.05) is 30.9 Å². The summed E-state index contributed by atoms with van der Waals surface area (Å²) in [6, 6.07) is 11.5. The van der Waals surface area contributed by atoms with E-state index in [1.807, 2.05) is 30.5 Å².